The van der Waals surface area contributed by atoms with E-state index in [4.69, 9.17) is 0 Å². The Bertz CT molecular complexity index is 114. The summed E-state index contributed by atoms with van der Waals surface area (Å²) in [6.45, 7) is 7.28. The van der Waals surface area contributed by atoms with Crippen LogP contribution in [0.3, 0.4) is 0 Å². The zero-order chi connectivity index (χ0) is 8.27. The van der Waals surface area contributed by atoms with Crippen LogP contribution in [-0.2, 0) is 0 Å². The van der Waals surface area contributed by atoms with Crippen LogP contribution in [0.25, 0.3) is 0 Å². The van der Waals surface area contributed by atoms with Gasteiger partial charge in [-0.15, -0.1) is 0 Å². The van der Waals surface area contributed by atoms with Crippen LogP contribution in [0.15, 0.2) is 0 Å². The van der Waals surface area contributed by atoms with E-state index in [-0.39, 0.29) is 0 Å². The molecular formula is C9H19NS. The van der Waals surface area contributed by atoms with Gasteiger partial charge in [-0.1, -0.05) is 25.8 Å². The van der Waals surface area contributed by atoms with E-state index in [1.165, 1.54) is 25.9 Å². The topological polar surface area (TPSA) is 3.24 Å². The molecule has 0 saturated carbocycles. The van der Waals surface area contributed by atoms with Crippen LogP contribution in [0.5, 0.6) is 0 Å². The highest BCUT2D eigenvalue weighted by Crippen LogP contribution is 2.26. The molecule has 2 heteroatoms. The zero-order valence-electron chi connectivity index (χ0n) is 7.84. The van der Waals surface area contributed by atoms with Gasteiger partial charge in [0.1, 0.15) is 0 Å². The molecule has 1 saturated heterocycles. The maximum Gasteiger partial charge on any atom is 0.0120 e. The van der Waals surface area contributed by atoms with Crippen molar-refractivity contribution in [3.8, 4) is 0 Å². The molecule has 0 N–H and O–H groups in total. The molecule has 0 amide bonds. The number of piperidine rings is 1. The van der Waals surface area contributed by atoms with Crippen molar-refractivity contribution in [2.24, 2.45) is 11.8 Å². The average molecular weight is 173 g/mol. The Morgan fingerprint density at radius 1 is 1.45 bits per heavy atom. The molecule has 1 unspecified atom stereocenters. The highest BCUT2D eigenvalue weighted by Gasteiger charge is 2.21. The smallest absolute Gasteiger partial charge is 0.0120 e. The van der Waals surface area contributed by atoms with Gasteiger partial charge in [-0.25, -0.2) is 0 Å². The first-order valence-electron chi connectivity index (χ1n) is 4.53. The summed E-state index contributed by atoms with van der Waals surface area (Å²) in [5.74, 6) is 1.81. The molecule has 11 heavy (non-hydrogen) atoms. The number of hydrogen-bond acceptors (Lipinski definition) is 2. The standard InChI is InChI=1S/C9H19NS/c1-8(2)9-5-4-6-10(7-9)11-3/h8-9H,4-7H2,1-3H3. The first-order chi connectivity index (χ1) is 5.24. The van der Waals surface area contributed by atoms with Crippen molar-refractivity contribution in [1.29, 1.82) is 0 Å². The molecule has 1 heterocycles. The second kappa shape index (κ2) is 4.36. The van der Waals surface area contributed by atoms with Gasteiger partial charge in [0, 0.05) is 13.1 Å². The highest BCUT2D eigenvalue weighted by molar-refractivity contribution is 7.96. The van der Waals surface area contributed by atoms with Crippen LogP contribution < -0.4 is 0 Å². The second-order valence-electron chi connectivity index (χ2n) is 3.72. The molecule has 1 nitrogen and oxygen atoms in total. The molecule has 0 bridgehead atoms. The van der Waals surface area contributed by atoms with Crippen LogP contribution in [0.1, 0.15) is 26.7 Å². The lowest BCUT2D eigenvalue weighted by Gasteiger charge is -2.32. The molecule has 0 aliphatic carbocycles. The Labute approximate surface area is 74.7 Å². The van der Waals surface area contributed by atoms with Gasteiger partial charge in [0.25, 0.3) is 0 Å². The van der Waals surface area contributed by atoms with Gasteiger partial charge in [-0.3, -0.25) is 4.31 Å². The molecule has 0 aromatic heterocycles. The third-order valence-corrected chi connectivity index (χ3v) is 3.47. The summed E-state index contributed by atoms with van der Waals surface area (Å²) in [6.07, 6.45) is 5.02. The van der Waals surface area contributed by atoms with Crippen molar-refractivity contribution in [2.45, 2.75) is 26.7 Å². The van der Waals surface area contributed by atoms with E-state index < -0.39 is 0 Å². The molecule has 1 fully saturated rings. The van der Waals surface area contributed by atoms with E-state index in [0.717, 1.165) is 11.8 Å². The first kappa shape index (κ1) is 9.40. The molecular weight excluding hydrogens is 154 g/mol. The average Bonchev–Trinajstić information content (AvgIpc) is 2.05. The Hall–Kier alpha value is 0.310. The summed E-state index contributed by atoms with van der Waals surface area (Å²) < 4.78 is 2.49. The number of rotatable bonds is 2. The monoisotopic (exact) mass is 173 g/mol. The van der Waals surface area contributed by atoms with Crippen molar-refractivity contribution < 1.29 is 0 Å². The highest BCUT2D eigenvalue weighted by atomic mass is 32.2. The van der Waals surface area contributed by atoms with Gasteiger partial charge in [-0.2, -0.15) is 0 Å². The van der Waals surface area contributed by atoms with Crippen molar-refractivity contribution in [1.82, 2.24) is 4.31 Å². The number of nitrogens with zero attached hydrogens (tertiary/aromatic N) is 1. The predicted octanol–water partition coefficient (Wildman–Crippen LogP) is 2.63. The van der Waals surface area contributed by atoms with Gasteiger partial charge in [0.15, 0.2) is 0 Å². The summed E-state index contributed by atoms with van der Waals surface area (Å²) in [4.78, 5) is 0. The van der Waals surface area contributed by atoms with Gasteiger partial charge >= 0.3 is 0 Å². The Morgan fingerprint density at radius 3 is 2.73 bits per heavy atom. The summed E-state index contributed by atoms with van der Waals surface area (Å²) >= 11 is 1.90. The van der Waals surface area contributed by atoms with E-state index in [1.54, 1.807) is 0 Å². The second-order valence-corrected chi connectivity index (χ2v) is 4.60. The minimum Gasteiger partial charge on any atom is -0.251 e. The normalized spacial score (nSPS) is 27.8. The molecule has 0 radical (unpaired) electrons. The van der Waals surface area contributed by atoms with Gasteiger partial charge in [0.05, 0.1) is 0 Å². The molecule has 0 aromatic carbocycles. The summed E-state index contributed by atoms with van der Waals surface area (Å²) in [7, 11) is 0. The fourth-order valence-corrected chi connectivity index (χ4v) is 2.34. The number of hydrogen-bond donors (Lipinski definition) is 0. The Kier molecular flexibility index (Phi) is 3.73. The molecule has 0 spiro atoms. The van der Waals surface area contributed by atoms with Crippen LogP contribution >= 0.6 is 11.9 Å². The summed E-state index contributed by atoms with van der Waals surface area (Å²) in [5, 5.41) is 0. The molecule has 1 aliphatic heterocycles. The third kappa shape index (κ3) is 2.68. The lowest BCUT2D eigenvalue weighted by Crippen LogP contribution is -2.32. The van der Waals surface area contributed by atoms with Crippen LogP contribution in [0.2, 0.25) is 0 Å². The summed E-state index contributed by atoms with van der Waals surface area (Å²) in [5.41, 5.74) is 0. The van der Waals surface area contributed by atoms with Crippen molar-refractivity contribution in [2.75, 3.05) is 19.3 Å². The van der Waals surface area contributed by atoms with Crippen LogP contribution in [0.4, 0.5) is 0 Å². The van der Waals surface area contributed by atoms with Crippen molar-refractivity contribution in [3.05, 3.63) is 0 Å². The van der Waals surface area contributed by atoms with E-state index in [2.05, 4.69) is 24.4 Å². The lowest BCUT2D eigenvalue weighted by molar-refractivity contribution is 0.231. The fourth-order valence-electron chi connectivity index (χ4n) is 1.68. The van der Waals surface area contributed by atoms with Crippen LogP contribution in [0, 0.1) is 11.8 Å². The third-order valence-electron chi connectivity index (χ3n) is 2.62. The van der Waals surface area contributed by atoms with E-state index in [9.17, 15) is 0 Å². The lowest BCUT2D eigenvalue weighted by atomic mass is 9.89. The van der Waals surface area contributed by atoms with Gasteiger partial charge < -0.3 is 0 Å². The largest absolute Gasteiger partial charge is 0.251 e. The molecule has 66 valence electrons. The van der Waals surface area contributed by atoms with E-state index in [0.29, 0.717) is 0 Å². The van der Waals surface area contributed by atoms with Crippen LogP contribution in [-0.4, -0.2) is 23.7 Å². The van der Waals surface area contributed by atoms with Gasteiger partial charge in [0.2, 0.25) is 0 Å². The Morgan fingerprint density at radius 2 is 2.18 bits per heavy atom. The molecule has 1 aliphatic rings. The SMILES string of the molecule is CSN1CCCC(C(C)C)C1. The Balaban J connectivity index is 2.33. The first-order valence-corrected chi connectivity index (χ1v) is 5.71. The van der Waals surface area contributed by atoms with Gasteiger partial charge in [-0.05, 0) is 30.9 Å². The fraction of sp³-hybridized carbons (Fsp3) is 1.00. The maximum atomic E-state index is 2.49. The van der Waals surface area contributed by atoms with E-state index >= 15 is 0 Å². The molecule has 0 aromatic rings. The zero-order valence-corrected chi connectivity index (χ0v) is 8.66. The van der Waals surface area contributed by atoms with E-state index in [1.807, 2.05) is 11.9 Å². The minimum atomic E-state index is 0.866. The predicted molar refractivity (Wildman–Crippen MR) is 52.7 cm³/mol. The van der Waals surface area contributed by atoms with Crippen molar-refractivity contribution >= 4 is 11.9 Å². The maximum absolute atomic E-state index is 2.49. The quantitative estimate of drug-likeness (QED) is 0.591. The minimum absolute atomic E-state index is 0.866. The molecule has 1 atom stereocenters. The summed E-state index contributed by atoms with van der Waals surface area (Å²) in [6, 6.07) is 0. The van der Waals surface area contributed by atoms with Crippen molar-refractivity contribution in [3.63, 3.8) is 0 Å². The molecule has 1 rings (SSSR count).